The van der Waals surface area contributed by atoms with Crippen LogP contribution in [0.15, 0.2) is 0 Å². The van der Waals surface area contributed by atoms with Crippen LogP contribution in [0.1, 0.15) is 62.9 Å². The molecule has 2 atom stereocenters. The minimum absolute atomic E-state index is 0.145. The third-order valence-electron chi connectivity index (χ3n) is 4.06. The number of H-pyrrole nitrogens is 1. The third-order valence-corrected chi connectivity index (χ3v) is 4.06. The zero-order chi connectivity index (χ0) is 13.8. The van der Waals surface area contributed by atoms with Crippen molar-refractivity contribution in [3.05, 3.63) is 11.6 Å². The van der Waals surface area contributed by atoms with Crippen LogP contribution >= 0.6 is 0 Å². The van der Waals surface area contributed by atoms with Crippen molar-refractivity contribution in [3.8, 4) is 0 Å². The maximum atomic E-state index is 12.2. The van der Waals surface area contributed by atoms with Gasteiger partial charge in [-0.25, -0.2) is 4.98 Å². The van der Waals surface area contributed by atoms with Gasteiger partial charge in [0.05, 0.1) is 0 Å². The summed E-state index contributed by atoms with van der Waals surface area (Å²) in [7, 11) is 0. The molecule has 106 valence electrons. The maximum Gasteiger partial charge on any atom is 0.291 e. The number of aromatic nitrogens is 3. The normalized spacial score (nSPS) is 23.6. The van der Waals surface area contributed by atoms with E-state index in [0.29, 0.717) is 11.8 Å². The third kappa shape index (κ3) is 3.33. The molecule has 1 amide bonds. The van der Waals surface area contributed by atoms with Gasteiger partial charge in [0, 0.05) is 12.5 Å². The van der Waals surface area contributed by atoms with Gasteiger partial charge in [-0.15, -0.1) is 5.10 Å². The average molecular weight is 264 g/mol. The Balaban J connectivity index is 2.00. The van der Waals surface area contributed by atoms with Gasteiger partial charge in [-0.2, -0.15) is 0 Å². The van der Waals surface area contributed by atoms with Gasteiger partial charge in [0.1, 0.15) is 5.82 Å². The predicted molar refractivity (Wildman–Crippen MR) is 73.8 cm³/mol. The molecule has 0 saturated heterocycles. The molecule has 5 nitrogen and oxygen atoms in total. The monoisotopic (exact) mass is 264 g/mol. The van der Waals surface area contributed by atoms with E-state index >= 15 is 0 Å². The van der Waals surface area contributed by atoms with Crippen molar-refractivity contribution >= 4 is 5.91 Å². The molecule has 0 bridgehead atoms. The molecular formula is C14H24N4O. The Kier molecular flexibility index (Phi) is 4.56. The van der Waals surface area contributed by atoms with E-state index in [0.717, 1.165) is 18.7 Å². The van der Waals surface area contributed by atoms with E-state index < -0.39 is 0 Å². The lowest BCUT2D eigenvalue weighted by Gasteiger charge is -2.34. The molecule has 1 aromatic rings. The topological polar surface area (TPSA) is 70.7 Å². The Bertz CT molecular complexity index is 427. The lowest BCUT2D eigenvalue weighted by atomic mass is 9.78. The Labute approximate surface area is 114 Å². The van der Waals surface area contributed by atoms with Crippen molar-refractivity contribution in [3.63, 3.8) is 0 Å². The number of hydrogen-bond donors (Lipinski definition) is 2. The summed E-state index contributed by atoms with van der Waals surface area (Å²) in [4.78, 5) is 16.3. The van der Waals surface area contributed by atoms with Gasteiger partial charge in [0.25, 0.3) is 5.91 Å². The number of nitrogens with zero attached hydrogens (tertiary/aromatic N) is 2. The van der Waals surface area contributed by atoms with E-state index in [9.17, 15) is 4.79 Å². The first-order chi connectivity index (χ1) is 9.11. The highest BCUT2D eigenvalue weighted by atomic mass is 16.2. The van der Waals surface area contributed by atoms with Crippen LogP contribution in [0, 0.1) is 11.8 Å². The number of aromatic amines is 1. The molecule has 2 unspecified atom stereocenters. The summed E-state index contributed by atoms with van der Waals surface area (Å²) in [5, 5.41) is 9.88. The smallest absolute Gasteiger partial charge is 0.291 e. The van der Waals surface area contributed by atoms with Crippen LogP contribution in [0.2, 0.25) is 0 Å². The number of carbonyl (C=O) groups excluding carboxylic acids is 1. The molecule has 2 rings (SSSR count). The summed E-state index contributed by atoms with van der Waals surface area (Å²) in [6, 6.07) is 0.268. The van der Waals surface area contributed by atoms with Crippen LogP contribution in [0.25, 0.3) is 0 Å². The van der Waals surface area contributed by atoms with Crippen molar-refractivity contribution < 1.29 is 4.79 Å². The molecule has 0 aromatic carbocycles. The molecule has 1 fully saturated rings. The minimum atomic E-state index is -0.145. The molecule has 1 aliphatic rings. The van der Waals surface area contributed by atoms with E-state index in [-0.39, 0.29) is 17.8 Å². The lowest BCUT2D eigenvalue weighted by molar-refractivity contribution is 0.0879. The number of nitrogens with one attached hydrogen (secondary N) is 2. The second-order valence-corrected chi connectivity index (χ2v) is 5.73. The first-order valence-electron chi connectivity index (χ1n) is 7.34. The van der Waals surface area contributed by atoms with E-state index in [2.05, 4.69) is 34.3 Å². The van der Waals surface area contributed by atoms with E-state index in [1.165, 1.54) is 19.3 Å². The quantitative estimate of drug-likeness (QED) is 0.876. The number of hydrogen-bond acceptors (Lipinski definition) is 3. The summed E-state index contributed by atoms with van der Waals surface area (Å²) >= 11 is 0. The Morgan fingerprint density at radius 1 is 1.42 bits per heavy atom. The molecule has 1 heterocycles. The average Bonchev–Trinajstić information content (AvgIpc) is 2.88. The Hall–Kier alpha value is -1.39. The van der Waals surface area contributed by atoms with Gasteiger partial charge in [-0.05, 0) is 24.7 Å². The standard InChI is InChI=1S/C14H24N4O/c1-4-12-16-13(18-17-12)14(19)15-11-8-6-5-7-10(11)9(2)3/h9-11H,4-8H2,1-3H3,(H,15,19)(H,16,17,18). The Morgan fingerprint density at radius 2 is 2.16 bits per heavy atom. The van der Waals surface area contributed by atoms with Crippen LogP contribution in [0.4, 0.5) is 0 Å². The summed E-state index contributed by atoms with van der Waals surface area (Å²) in [5.74, 6) is 2.05. The number of carbonyl (C=O) groups is 1. The van der Waals surface area contributed by atoms with Gasteiger partial charge in [-0.3, -0.25) is 9.89 Å². The summed E-state index contributed by atoms with van der Waals surface area (Å²) in [6.45, 7) is 6.45. The van der Waals surface area contributed by atoms with Crippen LogP contribution in [0.5, 0.6) is 0 Å². The molecule has 1 saturated carbocycles. The van der Waals surface area contributed by atoms with Crippen LogP contribution < -0.4 is 5.32 Å². The van der Waals surface area contributed by atoms with Gasteiger partial charge < -0.3 is 5.32 Å². The van der Waals surface area contributed by atoms with Gasteiger partial charge in [-0.1, -0.05) is 33.6 Å². The largest absolute Gasteiger partial charge is 0.346 e. The fourth-order valence-electron chi connectivity index (χ4n) is 2.92. The molecule has 0 spiro atoms. The van der Waals surface area contributed by atoms with E-state index in [1.54, 1.807) is 0 Å². The van der Waals surface area contributed by atoms with Crippen molar-refractivity contribution in [2.75, 3.05) is 0 Å². The highest BCUT2D eigenvalue weighted by Gasteiger charge is 2.29. The van der Waals surface area contributed by atoms with Gasteiger partial charge >= 0.3 is 0 Å². The number of aryl methyl sites for hydroxylation is 1. The van der Waals surface area contributed by atoms with Crippen LogP contribution in [-0.4, -0.2) is 27.1 Å². The van der Waals surface area contributed by atoms with Crippen LogP contribution in [-0.2, 0) is 6.42 Å². The fourth-order valence-corrected chi connectivity index (χ4v) is 2.92. The molecule has 19 heavy (non-hydrogen) atoms. The summed E-state index contributed by atoms with van der Waals surface area (Å²) in [6.07, 6.45) is 5.51. The first-order valence-corrected chi connectivity index (χ1v) is 7.34. The molecule has 2 N–H and O–H groups in total. The highest BCUT2D eigenvalue weighted by molar-refractivity contribution is 5.90. The highest BCUT2D eigenvalue weighted by Crippen LogP contribution is 2.30. The number of rotatable bonds is 4. The van der Waals surface area contributed by atoms with Crippen molar-refractivity contribution in [1.29, 1.82) is 0 Å². The fraction of sp³-hybridized carbons (Fsp3) is 0.786. The Morgan fingerprint density at radius 3 is 2.79 bits per heavy atom. The molecule has 1 aliphatic carbocycles. The molecule has 0 aliphatic heterocycles. The molecule has 0 radical (unpaired) electrons. The molecular weight excluding hydrogens is 240 g/mol. The second-order valence-electron chi connectivity index (χ2n) is 5.73. The molecule has 5 heteroatoms. The summed E-state index contributed by atoms with van der Waals surface area (Å²) < 4.78 is 0. The maximum absolute atomic E-state index is 12.2. The van der Waals surface area contributed by atoms with Gasteiger partial charge in [0.15, 0.2) is 0 Å². The van der Waals surface area contributed by atoms with Gasteiger partial charge in [0.2, 0.25) is 5.82 Å². The van der Waals surface area contributed by atoms with E-state index in [4.69, 9.17) is 0 Å². The molecule has 1 aromatic heterocycles. The predicted octanol–water partition coefficient (Wildman–Crippen LogP) is 2.31. The zero-order valence-electron chi connectivity index (χ0n) is 12.1. The van der Waals surface area contributed by atoms with Crippen molar-refractivity contribution in [1.82, 2.24) is 20.5 Å². The SMILES string of the molecule is CCc1nc(C(=O)NC2CCCCC2C(C)C)n[nH]1. The second kappa shape index (κ2) is 6.17. The zero-order valence-corrected chi connectivity index (χ0v) is 12.1. The van der Waals surface area contributed by atoms with Crippen molar-refractivity contribution in [2.24, 2.45) is 11.8 Å². The van der Waals surface area contributed by atoms with E-state index in [1.807, 2.05) is 6.92 Å². The van der Waals surface area contributed by atoms with Crippen molar-refractivity contribution in [2.45, 2.75) is 58.9 Å². The van der Waals surface area contributed by atoms with Crippen LogP contribution in [0.3, 0.4) is 0 Å². The number of amides is 1. The lowest BCUT2D eigenvalue weighted by Crippen LogP contribution is -2.44. The minimum Gasteiger partial charge on any atom is -0.346 e. The first kappa shape index (κ1) is 14.0. The summed E-state index contributed by atoms with van der Waals surface area (Å²) in [5.41, 5.74) is 0.